The minimum atomic E-state index is 1.22. The summed E-state index contributed by atoms with van der Waals surface area (Å²) in [5, 5.41) is 10.0. The molecule has 0 saturated carbocycles. The van der Waals surface area contributed by atoms with Crippen molar-refractivity contribution in [2.24, 2.45) is 0 Å². The van der Waals surface area contributed by atoms with Crippen LogP contribution in [0.5, 0.6) is 0 Å². The van der Waals surface area contributed by atoms with Crippen LogP contribution in [0.1, 0.15) is 0 Å². The fourth-order valence-electron chi connectivity index (χ4n) is 10.6. The molecule has 68 heavy (non-hydrogen) atoms. The second-order valence-electron chi connectivity index (χ2n) is 17.4. The summed E-state index contributed by atoms with van der Waals surface area (Å²) in [7, 11) is 0. The molecule has 0 N–H and O–H groups in total. The van der Waals surface area contributed by atoms with Gasteiger partial charge < -0.3 is 0 Å². The van der Waals surface area contributed by atoms with E-state index in [-0.39, 0.29) is 0 Å². The molecule has 0 spiro atoms. The van der Waals surface area contributed by atoms with Crippen LogP contribution in [-0.4, -0.2) is 0 Å². The Labute approximate surface area is 412 Å². The maximum atomic E-state index is 2.49. The lowest BCUT2D eigenvalue weighted by atomic mass is 9.84. The lowest BCUT2D eigenvalue weighted by molar-refractivity contribution is 1.16. The molecular formula is C64H38S4. The molecule has 14 rings (SSSR count). The first-order chi connectivity index (χ1) is 33.7. The van der Waals surface area contributed by atoms with E-state index in [2.05, 4.69) is 231 Å². The van der Waals surface area contributed by atoms with Crippen molar-refractivity contribution in [1.29, 1.82) is 0 Å². The lowest BCUT2D eigenvalue weighted by Crippen LogP contribution is -1.94. The van der Waals surface area contributed by atoms with E-state index < -0.39 is 0 Å². The van der Waals surface area contributed by atoms with E-state index in [0.29, 0.717) is 0 Å². The van der Waals surface area contributed by atoms with Crippen molar-refractivity contribution in [1.82, 2.24) is 0 Å². The van der Waals surface area contributed by atoms with Gasteiger partial charge in [-0.1, -0.05) is 235 Å². The number of rotatable bonds is 5. The van der Waals surface area contributed by atoms with Gasteiger partial charge in [0.25, 0.3) is 0 Å². The average Bonchev–Trinajstić information content (AvgIpc) is 3.40. The van der Waals surface area contributed by atoms with Gasteiger partial charge >= 0.3 is 0 Å². The fraction of sp³-hybridized carbons (Fsp3) is 0. The Kier molecular flexibility index (Phi) is 9.69. The molecule has 0 fully saturated rings. The Hall–Kier alpha value is -6.92. The van der Waals surface area contributed by atoms with Gasteiger partial charge in [-0.3, -0.25) is 0 Å². The zero-order chi connectivity index (χ0) is 44.7. The first-order valence-corrected chi connectivity index (χ1v) is 26.2. The Balaban J connectivity index is 0.972. The summed E-state index contributed by atoms with van der Waals surface area (Å²) in [4.78, 5) is 10.6. The van der Waals surface area contributed by atoms with Crippen LogP contribution < -0.4 is 0 Å². The van der Waals surface area contributed by atoms with E-state index in [1.165, 1.54) is 138 Å². The summed E-state index contributed by atoms with van der Waals surface area (Å²) in [5.74, 6) is 0. The Morgan fingerprint density at radius 3 is 0.941 bits per heavy atom. The highest BCUT2D eigenvalue weighted by molar-refractivity contribution is 8.05. The second-order valence-corrected chi connectivity index (χ2v) is 21.7. The Morgan fingerprint density at radius 1 is 0.191 bits per heavy atom. The van der Waals surface area contributed by atoms with E-state index in [4.69, 9.17) is 0 Å². The Morgan fingerprint density at radius 2 is 0.500 bits per heavy atom. The van der Waals surface area contributed by atoms with E-state index in [9.17, 15) is 0 Å². The SMILES string of the molecule is c1ccc(-c2c3cccc(-c4ccc(-c5cccc6c5Sc5ccccc5S6)c5ccccc45)c3cc3c(-c4ccc(-c5cccc6c5Sc5ccccc5S6)c5ccccc45)cccc23)cc1. The van der Waals surface area contributed by atoms with E-state index in [1.54, 1.807) is 0 Å². The van der Waals surface area contributed by atoms with Crippen molar-refractivity contribution in [2.75, 3.05) is 0 Å². The van der Waals surface area contributed by atoms with Crippen molar-refractivity contribution in [2.45, 2.75) is 39.2 Å². The number of benzene rings is 12. The maximum Gasteiger partial charge on any atom is 0.0341 e. The second kappa shape index (κ2) is 16.4. The smallest absolute Gasteiger partial charge is 0.0341 e. The third kappa shape index (κ3) is 6.50. The van der Waals surface area contributed by atoms with Crippen molar-refractivity contribution in [3.63, 3.8) is 0 Å². The molecular weight excluding hydrogens is 897 g/mol. The van der Waals surface area contributed by atoms with Crippen molar-refractivity contribution >= 4 is 90.1 Å². The van der Waals surface area contributed by atoms with Crippen molar-refractivity contribution < 1.29 is 0 Å². The fourth-order valence-corrected chi connectivity index (χ4v) is 15.4. The van der Waals surface area contributed by atoms with Gasteiger partial charge in [0.05, 0.1) is 0 Å². The molecule has 2 aliphatic heterocycles. The topological polar surface area (TPSA) is 0 Å². The van der Waals surface area contributed by atoms with Crippen LogP contribution in [0, 0.1) is 0 Å². The van der Waals surface area contributed by atoms with Gasteiger partial charge in [0.15, 0.2) is 0 Å². The standard InChI is InChI=1S/C64H38S4/c1-2-16-39(17-3-1)62-50-24-12-22-44(46-34-36-48(42-20-6-4-18-40(42)46)52-26-14-32-60-63(52)67-58-30-10-8-28-56(58)65-60)54(50)38-55-45(23-13-25-51(55)62)47-35-37-49(43-21-7-5-19-41(43)47)53-27-15-33-61-64(53)68-59-31-11-9-29-57(59)66-61/h1-38H. The summed E-state index contributed by atoms with van der Waals surface area (Å²) in [5.41, 5.74) is 12.5. The minimum absolute atomic E-state index is 1.22. The van der Waals surface area contributed by atoms with Gasteiger partial charge in [-0.15, -0.1) is 0 Å². The summed E-state index contributed by atoms with van der Waals surface area (Å²) in [6, 6.07) is 86.0. The highest BCUT2D eigenvalue weighted by Gasteiger charge is 2.25. The number of hydrogen-bond acceptors (Lipinski definition) is 4. The molecule has 2 heterocycles. The summed E-state index contributed by atoms with van der Waals surface area (Å²) >= 11 is 7.55. The molecule has 0 unspecified atom stereocenters. The molecule has 12 aromatic carbocycles. The predicted octanol–water partition coefficient (Wildman–Crippen LogP) is 19.9. The van der Waals surface area contributed by atoms with Gasteiger partial charge in [0, 0.05) is 39.2 Å². The van der Waals surface area contributed by atoms with Crippen LogP contribution in [-0.2, 0) is 0 Å². The van der Waals surface area contributed by atoms with Crippen molar-refractivity contribution in [3.8, 4) is 55.6 Å². The molecule has 0 amide bonds. The molecule has 0 nitrogen and oxygen atoms in total. The minimum Gasteiger partial charge on any atom is -0.0877 e. The molecule has 0 atom stereocenters. The molecule has 0 aromatic heterocycles. The summed E-state index contributed by atoms with van der Waals surface area (Å²) in [6.45, 7) is 0. The molecule has 2 aliphatic rings. The van der Waals surface area contributed by atoms with Gasteiger partial charge in [-0.25, -0.2) is 0 Å². The average molecular weight is 935 g/mol. The molecule has 0 saturated heterocycles. The van der Waals surface area contributed by atoms with Gasteiger partial charge in [0.1, 0.15) is 0 Å². The monoisotopic (exact) mass is 934 g/mol. The zero-order valence-corrected chi connectivity index (χ0v) is 39.8. The van der Waals surface area contributed by atoms with Crippen LogP contribution in [0.15, 0.2) is 270 Å². The third-order valence-corrected chi connectivity index (χ3v) is 18.9. The Bertz CT molecular complexity index is 3800. The maximum absolute atomic E-state index is 2.49. The highest BCUT2D eigenvalue weighted by atomic mass is 32.2. The van der Waals surface area contributed by atoms with Crippen LogP contribution in [0.3, 0.4) is 0 Å². The predicted molar refractivity (Wildman–Crippen MR) is 293 cm³/mol. The summed E-state index contributed by atoms with van der Waals surface area (Å²) in [6.07, 6.45) is 0. The van der Waals surface area contributed by atoms with Crippen LogP contribution in [0.2, 0.25) is 0 Å². The van der Waals surface area contributed by atoms with Gasteiger partial charge in [0.2, 0.25) is 0 Å². The lowest BCUT2D eigenvalue weighted by Gasteiger charge is -2.22. The largest absolute Gasteiger partial charge is 0.0877 e. The van der Waals surface area contributed by atoms with Crippen molar-refractivity contribution in [3.05, 3.63) is 231 Å². The number of hydrogen-bond donors (Lipinski definition) is 0. The molecule has 4 heteroatoms. The quantitative estimate of drug-likeness (QED) is 0.158. The van der Waals surface area contributed by atoms with E-state index in [1.807, 2.05) is 47.0 Å². The zero-order valence-electron chi connectivity index (χ0n) is 36.6. The highest BCUT2D eigenvalue weighted by Crippen LogP contribution is 2.55. The molecule has 318 valence electrons. The van der Waals surface area contributed by atoms with Crippen LogP contribution in [0.25, 0.3) is 98.7 Å². The first-order valence-electron chi connectivity index (χ1n) is 23.0. The van der Waals surface area contributed by atoms with Gasteiger partial charge in [-0.2, -0.15) is 0 Å². The van der Waals surface area contributed by atoms with E-state index >= 15 is 0 Å². The molecule has 12 aromatic rings. The van der Waals surface area contributed by atoms with Crippen LogP contribution in [0.4, 0.5) is 0 Å². The summed E-state index contributed by atoms with van der Waals surface area (Å²) < 4.78 is 0. The first kappa shape index (κ1) is 40.2. The number of fused-ring (bicyclic) bond motifs is 8. The molecule has 0 aliphatic carbocycles. The molecule has 0 radical (unpaired) electrons. The molecule has 0 bridgehead atoms. The van der Waals surface area contributed by atoms with Crippen LogP contribution >= 0.6 is 47.0 Å². The van der Waals surface area contributed by atoms with E-state index in [0.717, 1.165) is 0 Å². The normalized spacial score (nSPS) is 12.8. The third-order valence-electron chi connectivity index (χ3n) is 13.6. The van der Waals surface area contributed by atoms with Gasteiger partial charge in [-0.05, 0) is 141 Å².